The van der Waals surface area contributed by atoms with Crippen LogP contribution in [-0.4, -0.2) is 40.7 Å². The molecule has 0 fully saturated rings. The molecule has 12 heteroatoms. The van der Waals surface area contributed by atoms with Gasteiger partial charge in [-0.2, -0.15) is 0 Å². The van der Waals surface area contributed by atoms with Gasteiger partial charge in [0.05, 0.1) is 0 Å². The van der Waals surface area contributed by atoms with Crippen molar-refractivity contribution in [2.24, 2.45) is 0 Å². The Hall–Kier alpha value is 0.308. The molecule has 0 N–H and O–H groups in total. The van der Waals surface area contributed by atoms with E-state index < -0.39 is 19.2 Å². The van der Waals surface area contributed by atoms with Crippen molar-refractivity contribution in [2.75, 3.05) is 0 Å². The van der Waals surface area contributed by atoms with Crippen molar-refractivity contribution in [2.45, 2.75) is 0 Å². The van der Waals surface area contributed by atoms with E-state index in [2.05, 4.69) is 0 Å². The zero-order chi connectivity index (χ0) is 10.1. The molecule has 0 rings (SSSR count). The van der Waals surface area contributed by atoms with E-state index >= 15 is 0 Å². The summed E-state index contributed by atoms with van der Waals surface area (Å²) in [6.45, 7) is 0. The largest absolute Gasteiger partial charge is 0.844 e. The lowest BCUT2D eigenvalue weighted by Gasteiger charge is -1.75. The van der Waals surface area contributed by atoms with Crippen LogP contribution in [0, 0.1) is 0 Å². The van der Waals surface area contributed by atoms with Crippen LogP contribution in [0.3, 0.4) is 0 Å². The van der Waals surface area contributed by atoms with Crippen LogP contribution in [0.4, 0.5) is 32.9 Å². The summed E-state index contributed by atoms with van der Waals surface area (Å²) in [4.78, 5) is 0. The predicted octanol–water partition coefficient (Wildman–Crippen LogP) is -0.0572. The van der Waals surface area contributed by atoms with Crippen molar-refractivity contribution in [3.05, 3.63) is 0 Å². The maximum absolute atomic E-state index is 9.83. The Morgan fingerprint density at radius 3 is 0.917 bits per heavy atom. The minimum atomic E-state index is -6.61. The lowest BCUT2D eigenvalue weighted by Crippen LogP contribution is -2.02. The summed E-state index contributed by atoms with van der Waals surface area (Å²) in [6.07, 6.45) is 0. The first-order valence-corrected chi connectivity index (χ1v) is 5.37. The first-order chi connectivity index (χ1) is 4.73. The first kappa shape index (κ1) is 22.8. The number of halogens is 8. The van der Waals surface area contributed by atoms with Crippen LogP contribution in [0.1, 0.15) is 1.43 Å². The molecule has 0 aromatic rings. The molecule has 12 heavy (non-hydrogen) atoms. The van der Waals surface area contributed by atoms with Crippen LogP contribution < -0.4 is 0 Å². The molecule has 82 valence electrons. The fourth-order valence-electron chi connectivity index (χ4n) is 0. The van der Waals surface area contributed by atoms with Crippen LogP contribution >= 0.6 is 0 Å². The van der Waals surface area contributed by atoms with Gasteiger partial charge in [0.1, 0.15) is 0 Å². The standard InChI is InChI=1S/F4Si.F3HSi.FH3Si.H4Si.H2/c1-5(2,3)4;1-4(2)3;1-2;;/h;4H;2H3;1H4;1H. The SMILES string of the molecule is F[SiH3].F[SiH](F)F.F[Si](F)(F)F.[HH].[SiH4]. The van der Waals surface area contributed by atoms with Gasteiger partial charge in [0.25, 0.3) is 0 Å². The van der Waals surface area contributed by atoms with Gasteiger partial charge in [0.15, 0.2) is 0 Å². The quantitative estimate of drug-likeness (QED) is 0.330. The van der Waals surface area contributed by atoms with E-state index in [1.165, 1.54) is 0 Å². The molecule has 0 aromatic carbocycles. The van der Waals surface area contributed by atoms with Gasteiger partial charge in [0, 0.05) is 1.43 Å². The Bertz CT molecular complexity index is 52.9. The summed E-state index contributed by atoms with van der Waals surface area (Å²) in [5, 5.41) is 0. The molecule has 0 radical (unpaired) electrons. The number of hydrogen-bond acceptors (Lipinski definition) is 0. The monoisotopic (exact) mass is 274 g/mol. The number of rotatable bonds is 0. The molecule has 0 aliphatic carbocycles. The highest BCUT2D eigenvalue weighted by molar-refractivity contribution is 6.50. The highest BCUT2D eigenvalue weighted by Gasteiger charge is 2.39. The second-order valence-electron chi connectivity index (χ2n) is 0.676. The lowest BCUT2D eigenvalue weighted by molar-refractivity contribution is 0.368. The van der Waals surface area contributed by atoms with E-state index in [1.54, 1.807) is 0 Å². The Balaban J connectivity index is -0.0000000246. The van der Waals surface area contributed by atoms with Crippen LogP contribution in [0.25, 0.3) is 0 Å². The van der Waals surface area contributed by atoms with Crippen molar-refractivity contribution >= 4 is 40.7 Å². The second kappa shape index (κ2) is 13.9. The molecule has 0 bridgehead atoms. The van der Waals surface area contributed by atoms with Gasteiger partial charge in [-0.15, -0.1) is 0 Å². The van der Waals surface area contributed by atoms with Crippen LogP contribution in [0.5, 0.6) is 0 Å². The number of hydrogen-bond donors (Lipinski definition) is 0. The molecule has 0 atom stereocenters. The highest BCUT2D eigenvalue weighted by Crippen LogP contribution is 2.06. The van der Waals surface area contributed by atoms with Crippen molar-refractivity contribution < 1.29 is 34.3 Å². The van der Waals surface area contributed by atoms with E-state index in [1.807, 2.05) is 0 Å². The van der Waals surface area contributed by atoms with Crippen molar-refractivity contribution in [1.29, 1.82) is 0 Å². The third kappa shape index (κ3) is 9440. The van der Waals surface area contributed by atoms with Crippen molar-refractivity contribution in [3.63, 3.8) is 0 Å². The summed E-state index contributed by atoms with van der Waals surface area (Å²) in [5.41, 5.74) is 0. The summed E-state index contributed by atoms with van der Waals surface area (Å²) in [6, 6.07) is 0. The fourth-order valence-corrected chi connectivity index (χ4v) is 0. The van der Waals surface area contributed by atoms with E-state index in [4.69, 9.17) is 0 Å². The van der Waals surface area contributed by atoms with Crippen LogP contribution in [0.15, 0.2) is 0 Å². The van der Waals surface area contributed by atoms with Gasteiger partial charge in [-0.25, -0.2) is 28.8 Å². The Kier molecular flexibility index (Phi) is 26.4. The smallest absolute Gasteiger partial charge is 0.327 e. The Morgan fingerprint density at radius 1 is 0.917 bits per heavy atom. The van der Waals surface area contributed by atoms with Gasteiger partial charge in [-0.3, -0.25) is 0 Å². The van der Waals surface area contributed by atoms with Gasteiger partial charge in [-0.1, -0.05) is 0 Å². The van der Waals surface area contributed by atoms with Crippen LogP contribution in [-0.2, 0) is 0 Å². The average molecular weight is 274 g/mol. The van der Waals surface area contributed by atoms with Gasteiger partial charge in [-0.05, 0) is 11.0 Å². The predicted molar refractivity (Wildman–Crippen MR) is 45.2 cm³/mol. The van der Waals surface area contributed by atoms with Crippen LogP contribution in [0.2, 0.25) is 0 Å². The molecule has 0 aliphatic rings. The minimum Gasteiger partial charge on any atom is -0.327 e. The van der Waals surface area contributed by atoms with Gasteiger partial charge < -0.3 is 4.11 Å². The molecule has 0 saturated heterocycles. The van der Waals surface area contributed by atoms with Crippen molar-refractivity contribution in [1.82, 2.24) is 0 Å². The van der Waals surface area contributed by atoms with E-state index in [0.29, 0.717) is 0 Å². The first-order valence-electron chi connectivity index (χ1n) is 1.79. The summed E-state index contributed by atoms with van der Waals surface area (Å²) >= 11 is 0. The van der Waals surface area contributed by atoms with E-state index in [9.17, 15) is 32.9 Å². The average Bonchev–Trinajstić information content (AvgIpc) is 1.63. The van der Waals surface area contributed by atoms with E-state index in [0.717, 1.165) is 0 Å². The molecule has 0 aliphatic heterocycles. The summed E-state index contributed by atoms with van der Waals surface area (Å²) in [5.74, 6) is 0. The summed E-state index contributed by atoms with van der Waals surface area (Å²) in [7, 11) is -11.4. The third-order valence-corrected chi connectivity index (χ3v) is 0. The topological polar surface area (TPSA) is 0 Å². The second-order valence-corrected chi connectivity index (χ2v) is 2.03. The normalized spacial score (nSPS) is 8.75. The molecule has 0 heterocycles. The maximum Gasteiger partial charge on any atom is 0.844 e. The highest BCUT2D eigenvalue weighted by atomic mass is 28.5. The molecule has 0 unspecified atom stereocenters. The zero-order valence-electron chi connectivity index (χ0n) is 5.10. The fraction of sp³-hybridized carbons (Fsp3) is 0. The molecule has 0 spiro atoms. The zero-order valence-corrected chi connectivity index (χ0v) is 9.26. The van der Waals surface area contributed by atoms with Crippen molar-refractivity contribution in [3.8, 4) is 0 Å². The Morgan fingerprint density at radius 2 is 0.917 bits per heavy atom. The minimum absolute atomic E-state index is 0. The molecule has 0 amide bonds. The maximum atomic E-state index is 9.83. The summed E-state index contributed by atoms with van der Waals surface area (Å²) < 4.78 is 78.4. The molecule has 0 aromatic heterocycles. The van der Waals surface area contributed by atoms with Gasteiger partial charge in [0.2, 0.25) is 10.6 Å². The van der Waals surface area contributed by atoms with Gasteiger partial charge >= 0.3 is 19.2 Å². The Labute approximate surface area is 75.9 Å². The van der Waals surface area contributed by atoms with E-state index in [-0.39, 0.29) is 23.0 Å². The molecular formula is H10F8Si4. The molecular weight excluding hydrogens is 264 g/mol. The third-order valence-electron chi connectivity index (χ3n) is 0. The lowest BCUT2D eigenvalue weighted by atomic mass is 18.6. The molecule has 0 nitrogen and oxygen atoms in total. The molecule has 0 saturated carbocycles.